The molecule has 1 aromatic carbocycles. The highest BCUT2D eigenvalue weighted by Crippen LogP contribution is 2.49. The molecule has 1 saturated carbocycles. The van der Waals surface area contributed by atoms with Gasteiger partial charge in [0.15, 0.2) is 5.69 Å². The third-order valence-corrected chi connectivity index (χ3v) is 7.11. The molecule has 1 aromatic heterocycles. The van der Waals surface area contributed by atoms with Crippen LogP contribution in [0.5, 0.6) is 0 Å². The van der Waals surface area contributed by atoms with Crippen LogP contribution in [-0.2, 0) is 4.79 Å². The third kappa shape index (κ3) is 3.54. The summed E-state index contributed by atoms with van der Waals surface area (Å²) >= 11 is 6.24. The number of aryl methyl sites for hydroxylation is 1. The number of halogens is 2. The van der Waals surface area contributed by atoms with Gasteiger partial charge in [-0.2, -0.15) is 0 Å². The summed E-state index contributed by atoms with van der Waals surface area (Å²) in [5.74, 6) is -1.60. The predicted molar refractivity (Wildman–Crippen MR) is 117 cm³/mol. The van der Waals surface area contributed by atoms with E-state index in [1.165, 1.54) is 19.4 Å². The van der Waals surface area contributed by atoms with Crippen molar-refractivity contribution in [2.75, 3.05) is 18.5 Å². The maximum absolute atomic E-state index is 13.8. The summed E-state index contributed by atoms with van der Waals surface area (Å²) in [6.45, 7) is 2.16. The summed E-state index contributed by atoms with van der Waals surface area (Å²) in [7, 11) is 1.46. The molecule has 0 unspecified atom stereocenters. The average molecular weight is 462 g/mol. The molecule has 3 amide bonds. The predicted octanol–water partition coefficient (Wildman–Crippen LogP) is 2.98. The van der Waals surface area contributed by atoms with Gasteiger partial charge in [-0.15, -0.1) is 0 Å². The Labute approximate surface area is 189 Å². The van der Waals surface area contributed by atoms with Crippen molar-refractivity contribution >= 4 is 35.0 Å². The van der Waals surface area contributed by atoms with E-state index in [2.05, 4.69) is 10.3 Å². The van der Waals surface area contributed by atoms with Crippen LogP contribution in [0.2, 0.25) is 5.02 Å². The van der Waals surface area contributed by atoms with Crippen LogP contribution in [0, 0.1) is 18.2 Å². The summed E-state index contributed by atoms with van der Waals surface area (Å²) in [4.78, 5) is 43.2. The van der Waals surface area contributed by atoms with Crippen LogP contribution >= 0.6 is 11.6 Å². The molecule has 2 aliphatic rings. The van der Waals surface area contributed by atoms with E-state index in [-0.39, 0.29) is 28.4 Å². The van der Waals surface area contributed by atoms with Crippen molar-refractivity contribution in [3.8, 4) is 0 Å². The second-order valence-corrected chi connectivity index (χ2v) is 8.97. The van der Waals surface area contributed by atoms with Gasteiger partial charge in [-0.3, -0.25) is 14.4 Å². The maximum atomic E-state index is 13.8. The van der Waals surface area contributed by atoms with Gasteiger partial charge < -0.3 is 20.5 Å². The van der Waals surface area contributed by atoms with Gasteiger partial charge in [0.25, 0.3) is 11.8 Å². The first kappa shape index (κ1) is 22.3. The van der Waals surface area contributed by atoms with Gasteiger partial charge in [-0.1, -0.05) is 11.6 Å². The molecule has 1 saturated heterocycles. The molecule has 0 radical (unpaired) electrons. The number of nitrogens with zero attached hydrogens (tertiary/aromatic N) is 3. The minimum Gasteiger partial charge on any atom is -0.364 e. The number of primary amides is 1. The second kappa shape index (κ2) is 8.20. The normalized spacial score (nSPS) is 23.1. The molecule has 32 heavy (non-hydrogen) atoms. The highest BCUT2D eigenvalue weighted by molar-refractivity contribution is 6.34. The lowest BCUT2D eigenvalue weighted by Crippen LogP contribution is -2.38. The Bertz CT molecular complexity index is 1110. The van der Waals surface area contributed by atoms with E-state index >= 15 is 0 Å². The number of benzene rings is 1. The molecule has 0 atom stereocenters. The SMILES string of the molecule is CNC(=O)c1ncn(C2CCC3(CC2)CCN(c2cc(C)c(F)cc2Cl)C3=O)c1C(N)=O. The summed E-state index contributed by atoms with van der Waals surface area (Å²) < 4.78 is 15.5. The second-order valence-electron chi connectivity index (χ2n) is 8.56. The Morgan fingerprint density at radius 3 is 2.59 bits per heavy atom. The highest BCUT2D eigenvalue weighted by Gasteiger charge is 2.49. The van der Waals surface area contributed by atoms with E-state index in [9.17, 15) is 18.8 Å². The molecule has 3 N–H and O–H groups in total. The zero-order valence-electron chi connectivity index (χ0n) is 18.0. The van der Waals surface area contributed by atoms with Gasteiger partial charge in [0.05, 0.1) is 22.5 Å². The molecule has 1 spiro atoms. The first-order chi connectivity index (χ1) is 15.2. The average Bonchev–Trinajstić information content (AvgIpc) is 3.34. The molecule has 10 heteroatoms. The van der Waals surface area contributed by atoms with Crippen LogP contribution < -0.4 is 16.0 Å². The standard InChI is InChI=1S/C22H25ClFN5O3/c1-12-9-16(14(23)10-15(12)24)28-8-7-22(21(28)32)5-3-13(4-6-22)29-11-27-17(20(31)26-2)18(29)19(25)30/h9-11,13H,3-8H2,1-2H3,(H2,25,30)(H,26,31). The molecule has 4 rings (SSSR count). The van der Waals surface area contributed by atoms with E-state index < -0.39 is 23.0 Å². The smallest absolute Gasteiger partial charge is 0.272 e. The molecule has 0 bridgehead atoms. The number of aromatic nitrogens is 2. The first-order valence-electron chi connectivity index (χ1n) is 10.5. The van der Waals surface area contributed by atoms with E-state index in [1.54, 1.807) is 22.5 Å². The van der Waals surface area contributed by atoms with Gasteiger partial charge in [0.1, 0.15) is 11.5 Å². The van der Waals surface area contributed by atoms with Crippen LogP contribution in [0.15, 0.2) is 18.5 Å². The summed E-state index contributed by atoms with van der Waals surface area (Å²) in [5.41, 5.74) is 6.08. The molecule has 8 nitrogen and oxygen atoms in total. The lowest BCUT2D eigenvalue weighted by atomic mass is 9.71. The van der Waals surface area contributed by atoms with Gasteiger partial charge in [-0.25, -0.2) is 9.37 Å². The Hall–Kier alpha value is -2.94. The summed E-state index contributed by atoms with van der Waals surface area (Å²) in [5, 5.41) is 2.68. The van der Waals surface area contributed by atoms with Crippen LogP contribution in [0.1, 0.15) is 64.7 Å². The number of nitrogens with one attached hydrogen (secondary N) is 1. The zero-order chi connectivity index (χ0) is 23.2. The molecule has 1 aliphatic carbocycles. The fourth-order valence-corrected chi connectivity index (χ4v) is 5.22. The van der Waals surface area contributed by atoms with Crippen LogP contribution in [-0.4, -0.2) is 40.9 Å². The van der Waals surface area contributed by atoms with Gasteiger partial charge in [-0.05, 0) is 56.7 Å². The lowest BCUT2D eigenvalue weighted by molar-refractivity contribution is -0.127. The Kier molecular flexibility index (Phi) is 5.70. The van der Waals surface area contributed by atoms with Crippen molar-refractivity contribution in [1.82, 2.24) is 14.9 Å². The number of rotatable bonds is 4. The number of carbonyl (C=O) groups is 3. The molecule has 1 aliphatic heterocycles. The molecular weight excluding hydrogens is 437 g/mol. The fourth-order valence-electron chi connectivity index (χ4n) is 4.96. The number of carbonyl (C=O) groups excluding carboxylic acids is 3. The van der Waals surface area contributed by atoms with Gasteiger partial charge in [0.2, 0.25) is 5.91 Å². The molecule has 2 fully saturated rings. The quantitative estimate of drug-likeness (QED) is 0.729. The van der Waals surface area contributed by atoms with Crippen molar-refractivity contribution in [2.45, 2.75) is 45.1 Å². The number of hydrogen-bond donors (Lipinski definition) is 2. The zero-order valence-corrected chi connectivity index (χ0v) is 18.7. The molecular formula is C22H25ClFN5O3. The van der Waals surface area contributed by atoms with Crippen LogP contribution in [0.25, 0.3) is 0 Å². The molecule has 2 aromatic rings. The molecule has 170 valence electrons. The topological polar surface area (TPSA) is 110 Å². The third-order valence-electron chi connectivity index (χ3n) is 6.81. The van der Waals surface area contributed by atoms with E-state index in [0.717, 1.165) is 0 Å². The number of imidazole rings is 1. The van der Waals surface area contributed by atoms with Gasteiger partial charge >= 0.3 is 0 Å². The van der Waals surface area contributed by atoms with Crippen molar-refractivity contribution in [1.29, 1.82) is 0 Å². The maximum Gasteiger partial charge on any atom is 0.272 e. The van der Waals surface area contributed by atoms with Crippen molar-refractivity contribution in [3.05, 3.63) is 46.3 Å². The number of anilines is 1. The fraction of sp³-hybridized carbons (Fsp3) is 0.455. The van der Waals surface area contributed by atoms with Crippen molar-refractivity contribution in [3.63, 3.8) is 0 Å². The highest BCUT2D eigenvalue weighted by atomic mass is 35.5. The lowest BCUT2D eigenvalue weighted by Gasteiger charge is -2.36. The number of nitrogens with two attached hydrogens (primary N) is 1. The number of hydrogen-bond acceptors (Lipinski definition) is 4. The first-order valence-corrected chi connectivity index (χ1v) is 10.9. The largest absolute Gasteiger partial charge is 0.364 e. The van der Waals surface area contributed by atoms with Gasteiger partial charge in [0, 0.05) is 19.6 Å². The monoisotopic (exact) mass is 461 g/mol. The van der Waals surface area contributed by atoms with E-state index in [0.29, 0.717) is 49.9 Å². The number of amides is 3. The van der Waals surface area contributed by atoms with Crippen molar-refractivity contribution < 1.29 is 18.8 Å². The summed E-state index contributed by atoms with van der Waals surface area (Å²) in [6, 6.07) is 2.77. The Morgan fingerprint density at radius 2 is 1.97 bits per heavy atom. The minimum absolute atomic E-state index is 0.00402. The van der Waals surface area contributed by atoms with Crippen molar-refractivity contribution in [2.24, 2.45) is 11.1 Å². The van der Waals surface area contributed by atoms with E-state index in [4.69, 9.17) is 17.3 Å². The minimum atomic E-state index is -0.717. The van der Waals surface area contributed by atoms with Crippen LogP contribution in [0.3, 0.4) is 0 Å². The molecule has 2 heterocycles. The van der Waals surface area contributed by atoms with Crippen LogP contribution in [0.4, 0.5) is 10.1 Å². The summed E-state index contributed by atoms with van der Waals surface area (Å²) in [6.07, 6.45) is 4.67. The van der Waals surface area contributed by atoms with E-state index in [1.807, 2.05) is 0 Å². The Balaban J connectivity index is 1.54. The Morgan fingerprint density at radius 1 is 1.28 bits per heavy atom.